The molecule has 0 aliphatic carbocycles. The van der Waals surface area contributed by atoms with Crippen LogP contribution in [0.5, 0.6) is 0 Å². The van der Waals surface area contributed by atoms with Gasteiger partial charge in [0.25, 0.3) is 5.91 Å². The van der Waals surface area contributed by atoms with Gasteiger partial charge >= 0.3 is 0 Å². The van der Waals surface area contributed by atoms with Crippen LogP contribution in [0.15, 0.2) is 36.4 Å². The molecule has 1 aromatic carbocycles. The summed E-state index contributed by atoms with van der Waals surface area (Å²) in [5.74, 6) is 0.139. The van der Waals surface area contributed by atoms with Crippen LogP contribution in [0.4, 0.5) is 0 Å². The molecule has 0 bridgehead atoms. The number of carbonyl (C=O) groups excluding carboxylic acids is 1. The Kier molecular flexibility index (Phi) is 3.28. The predicted octanol–water partition coefficient (Wildman–Crippen LogP) is 3.76. The molecular weight excluding hydrogens is 282 g/mol. The number of hydrogen-bond acceptors (Lipinski definition) is 3. The molecule has 0 radical (unpaired) electrons. The maximum Gasteiger partial charge on any atom is 0.264 e. The first-order chi connectivity index (χ1) is 10.3. The number of rotatable bonds is 2. The maximum atomic E-state index is 12.6. The molecule has 0 saturated carbocycles. The van der Waals surface area contributed by atoms with Gasteiger partial charge in [-0.2, -0.15) is 0 Å². The monoisotopic (exact) mass is 299 g/mol. The molecule has 1 amide bonds. The minimum Gasteiger partial charge on any atom is -0.373 e. The fraction of sp³-hybridized carbons (Fsp3) is 0.353. The van der Waals surface area contributed by atoms with E-state index in [-0.39, 0.29) is 12.0 Å². The van der Waals surface area contributed by atoms with Gasteiger partial charge in [-0.3, -0.25) is 4.79 Å². The maximum absolute atomic E-state index is 12.6. The first-order valence-electron chi connectivity index (χ1n) is 7.38. The minimum atomic E-state index is 0.139. The summed E-state index contributed by atoms with van der Waals surface area (Å²) in [7, 11) is 0. The lowest BCUT2D eigenvalue weighted by molar-refractivity contribution is 0.0756. The summed E-state index contributed by atoms with van der Waals surface area (Å²) in [6, 6.07) is 12.3. The molecule has 4 rings (SSSR count). The summed E-state index contributed by atoms with van der Waals surface area (Å²) in [4.78, 5) is 16.6. The minimum absolute atomic E-state index is 0.139. The van der Waals surface area contributed by atoms with Crippen LogP contribution >= 0.6 is 11.3 Å². The van der Waals surface area contributed by atoms with E-state index in [4.69, 9.17) is 4.74 Å². The third-order valence-corrected chi connectivity index (χ3v) is 5.38. The highest BCUT2D eigenvalue weighted by Gasteiger charge is 2.26. The van der Waals surface area contributed by atoms with Crippen LogP contribution in [0.25, 0.3) is 0 Å². The second-order valence-corrected chi connectivity index (χ2v) is 6.75. The van der Waals surface area contributed by atoms with E-state index in [9.17, 15) is 4.79 Å². The van der Waals surface area contributed by atoms with Crippen LogP contribution in [0.1, 0.15) is 44.6 Å². The number of benzene rings is 1. The molecule has 4 heteroatoms. The van der Waals surface area contributed by atoms with Gasteiger partial charge in [0.15, 0.2) is 0 Å². The molecule has 21 heavy (non-hydrogen) atoms. The molecule has 2 aliphatic heterocycles. The molecule has 0 unspecified atom stereocenters. The molecule has 3 nitrogen and oxygen atoms in total. The molecular formula is C17H17NO2S. The molecule has 1 atom stereocenters. The largest absolute Gasteiger partial charge is 0.373 e. The Morgan fingerprint density at radius 2 is 1.90 bits per heavy atom. The molecule has 1 aromatic heterocycles. The van der Waals surface area contributed by atoms with Crippen molar-refractivity contribution in [2.24, 2.45) is 0 Å². The highest BCUT2D eigenvalue weighted by Crippen LogP contribution is 2.34. The molecule has 108 valence electrons. The lowest BCUT2D eigenvalue weighted by atomic mass is 10.1. The summed E-state index contributed by atoms with van der Waals surface area (Å²) in [5.41, 5.74) is 2.53. The van der Waals surface area contributed by atoms with E-state index in [1.165, 1.54) is 16.0 Å². The predicted molar refractivity (Wildman–Crippen MR) is 82.3 cm³/mol. The normalized spacial score (nSPS) is 20.8. The zero-order chi connectivity index (χ0) is 14.2. The topological polar surface area (TPSA) is 29.5 Å². The van der Waals surface area contributed by atoms with Gasteiger partial charge in [-0.15, -0.1) is 11.3 Å². The van der Waals surface area contributed by atoms with Crippen molar-refractivity contribution >= 4 is 17.2 Å². The van der Waals surface area contributed by atoms with Crippen LogP contribution < -0.4 is 0 Å². The molecule has 0 N–H and O–H groups in total. The van der Waals surface area contributed by atoms with E-state index < -0.39 is 0 Å². The molecule has 1 fully saturated rings. The first-order valence-corrected chi connectivity index (χ1v) is 8.20. The van der Waals surface area contributed by atoms with Gasteiger partial charge in [-0.1, -0.05) is 24.3 Å². The van der Waals surface area contributed by atoms with E-state index in [0.29, 0.717) is 0 Å². The van der Waals surface area contributed by atoms with Gasteiger partial charge in [0.2, 0.25) is 0 Å². The highest BCUT2D eigenvalue weighted by molar-refractivity contribution is 7.14. The fourth-order valence-electron chi connectivity index (χ4n) is 3.08. The molecule has 1 saturated heterocycles. The average Bonchev–Trinajstić information content (AvgIpc) is 3.24. The smallest absolute Gasteiger partial charge is 0.264 e. The van der Waals surface area contributed by atoms with Gasteiger partial charge in [-0.05, 0) is 36.1 Å². The summed E-state index contributed by atoms with van der Waals surface area (Å²) >= 11 is 1.59. The van der Waals surface area contributed by atoms with Crippen LogP contribution in [0.3, 0.4) is 0 Å². The zero-order valence-corrected chi connectivity index (χ0v) is 12.6. The molecule has 2 aromatic rings. The Morgan fingerprint density at radius 1 is 1.14 bits per heavy atom. The van der Waals surface area contributed by atoms with Gasteiger partial charge in [0, 0.05) is 24.6 Å². The molecule has 3 heterocycles. The standard InChI is InChI=1S/C17H17NO2S/c19-17(18-10-12-4-1-2-5-13(12)11-18)16-8-7-15(21-16)14-6-3-9-20-14/h1-2,4-5,7-8,14H,3,6,9-11H2/t14-/m0/s1. The number of hydrogen-bond donors (Lipinski definition) is 0. The van der Waals surface area contributed by atoms with E-state index >= 15 is 0 Å². The second-order valence-electron chi connectivity index (χ2n) is 5.63. The molecule has 0 spiro atoms. The number of fused-ring (bicyclic) bond motifs is 1. The highest BCUT2D eigenvalue weighted by atomic mass is 32.1. The van der Waals surface area contributed by atoms with Gasteiger partial charge in [-0.25, -0.2) is 0 Å². The lowest BCUT2D eigenvalue weighted by Gasteiger charge is -2.14. The van der Waals surface area contributed by atoms with E-state index in [0.717, 1.165) is 37.4 Å². The third kappa shape index (κ3) is 2.39. The van der Waals surface area contributed by atoms with Crippen molar-refractivity contribution in [3.05, 3.63) is 57.3 Å². The Morgan fingerprint density at radius 3 is 2.57 bits per heavy atom. The Labute approximate surface area is 128 Å². The summed E-state index contributed by atoms with van der Waals surface area (Å²) in [5, 5.41) is 0. The van der Waals surface area contributed by atoms with Crippen molar-refractivity contribution in [1.82, 2.24) is 4.90 Å². The van der Waals surface area contributed by atoms with Crippen LogP contribution in [0.2, 0.25) is 0 Å². The number of thiophene rings is 1. The lowest BCUT2D eigenvalue weighted by Crippen LogP contribution is -2.24. The fourth-order valence-corrected chi connectivity index (χ4v) is 4.14. The quantitative estimate of drug-likeness (QED) is 0.845. The van der Waals surface area contributed by atoms with Gasteiger partial charge in [0.05, 0.1) is 11.0 Å². The summed E-state index contributed by atoms with van der Waals surface area (Å²) in [6.07, 6.45) is 2.39. The SMILES string of the molecule is O=C(c1ccc([C@@H]2CCCO2)s1)N1Cc2ccccc2C1. The van der Waals surface area contributed by atoms with Crippen molar-refractivity contribution in [3.63, 3.8) is 0 Å². The van der Waals surface area contributed by atoms with E-state index in [1.54, 1.807) is 11.3 Å². The van der Waals surface area contributed by atoms with Gasteiger partial charge in [0.1, 0.15) is 0 Å². The zero-order valence-electron chi connectivity index (χ0n) is 11.7. The van der Waals surface area contributed by atoms with Crippen molar-refractivity contribution in [3.8, 4) is 0 Å². The van der Waals surface area contributed by atoms with Crippen LogP contribution in [-0.4, -0.2) is 17.4 Å². The first kappa shape index (κ1) is 13.0. The van der Waals surface area contributed by atoms with Crippen molar-refractivity contribution in [2.75, 3.05) is 6.61 Å². The van der Waals surface area contributed by atoms with Crippen molar-refractivity contribution < 1.29 is 9.53 Å². The number of carbonyl (C=O) groups is 1. The number of ether oxygens (including phenoxy) is 1. The Bertz CT molecular complexity index is 648. The van der Waals surface area contributed by atoms with Gasteiger partial charge < -0.3 is 9.64 Å². The van der Waals surface area contributed by atoms with Crippen LogP contribution in [-0.2, 0) is 17.8 Å². The molecule has 2 aliphatic rings. The van der Waals surface area contributed by atoms with E-state index in [1.807, 2.05) is 23.1 Å². The average molecular weight is 299 g/mol. The Hall–Kier alpha value is -1.65. The Balaban J connectivity index is 1.51. The number of nitrogens with zero attached hydrogens (tertiary/aromatic N) is 1. The van der Waals surface area contributed by atoms with Crippen molar-refractivity contribution in [2.45, 2.75) is 32.0 Å². The summed E-state index contributed by atoms with van der Waals surface area (Å²) < 4.78 is 5.69. The van der Waals surface area contributed by atoms with Crippen LogP contribution in [0, 0.1) is 0 Å². The third-order valence-electron chi connectivity index (χ3n) is 4.21. The summed E-state index contributed by atoms with van der Waals surface area (Å²) in [6.45, 7) is 2.29. The van der Waals surface area contributed by atoms with Crippen molar-refractivity contribution in [1.29, 1.82) is 0 Å². The number of amides is 1. The van der Waals surface area contributed by atoms with E-state index in [2.05, 4.69) is 18.2 Å². The second kappa shape index (κ2) is 5.28.